The van der Waals surface area contributed by atoms with Crippen LogP contribution in [0.2, 0.25) is 0 Å². The number of rotatable bonds is 1. The Balaban J connectivity index is 2.52. The molecule has 0 radical (unpaired) electrons. The summed E-state index contributed by atoms with van der Waals surface area (Å²) in [5.41, 5.74) is 11.5. The quantitative estimate of drug-likeness (QED) is 0.324. The predicted octanol–water partition coefficient (Wildman–Crippen LogP) is -0.525. The zero-order chi connectivity index (χ0) is 11.0. The highest BCUT2D eigenvalue weighted by Gasteiger charge is 2.26. The summed E-state index contributed by atoms with van der Waals surface area (Å²) in [6.07, 6.45) is 0. The number of carbonyl (C=O) groups is 2. The van der Waals surface area contributed by atoms with Gasteiger partial charge in [-0.05, 0) is 18.2 Å². The van der Waals surface area contributed by atoms with E-state index in [-0.39, 0.29) is 5.96 Å². The van der Waals surface area contributed by atoms with Crippen LogP contribution in [0.25, 0.3) is 0 Å². The Bertz CT molecular complexity index is 489. The molecule has 1 aliphatic rings. The van der Waals surface area contributed by atoms with E-state index in [1.54, 1.807) is 6.07 Å². The van der Waals surface area contributed by atoms with Crippen molar-refractivity contribution in [3.63, 3.8) is 0 Å². The van der Waals surface area contributed by atoms with Gasteiger partial charge < -0.3 is 11.5 Å². The zero-order valence-electron chi connectivity index (χ0n) is 7.65. The Morgan fingerprint density at radius 2 is 1.80 bits per heavy atom. The van der Waals surface area contributed by atoms with Crippen molar-refractivity contribution in [1.29, 1.82) is 0 Å². The number of carbonyl (C=O) groups excluding carboxylic acids is 2. The van der Waals surface area contributed by atoms with Crippen molar-refractivity contribution in [3.05, 3.63) is 29.3 Å². The van der Waals surface area contributed by atoms with Gasteiger partial charge in [0.05, 0.1) is 16.8 Å². The van der Waals surface area contributed by atoms with Crippen LogP contribution in [0.5, 0.6) is 0 Å². The predicted molar refractivity (Wildman–Crippen MR) is 53.7 cm³/mol. The number of benzene rings is 1. The highest BCUT2D eigenvalue weighted by atomic mass is 16.2. The third-order valence-corrected chi connectivity index (χ3v) is 1.98. The number of guanidine groups is 1. The van der Waals surface area contributed by atoms with Gasteiger partial charge in [0, 0.05) is 0 Å². The number of aliphatic imine (C=N–C) groups is 1. The minimum Gasteiger partial charge on any atom is -0.370 e. The second-order valence-electron chi connectivity index (χ2n) is 3.05. The first-order chi connectivity index (χ1) is 7.08. The van der Waals surface area contributed by atoms with Crippen molar-refractivity contribution >= 4 is 23.5 Å². The average molecular weight is 204 g/mol. The molecule has 0 fully saturated rings. The molecule has 6 nitrogen and oxygen atoms in total. The minimum atomic E-state index is -0.428. The standard InChI is InChI=1S/C9H8N4O2/c10-9(11)12-4-1-2-5-6(3-4)8(15)13-7(5)14/h1-3H,(H4,10,11,12)(H,13,14,15). The number of nitrogens with zero attached hydrogens (tertiary/aromatic N) is 1. The molecule has 0 unspecified atom stereocenters. The number of amides is 2. The fraction of sp³-hybridized carbons (Fsp3) is 0. The molecule has 2 rings (SSSR count). The average Bonchev–Trinajstić information content (AvgIpc) is 2.41. The van der Waals surface area contributed by atoms with Crippen LogP contribution in [-0.4, -0.2) is 17.8 Å². The summed E-state index contributed by atoms with van der Waals surface area (Å²) in [5.74, 6) is -0.923. The molecule has 0 atom stereocenters. The summed E-state index contributed by atoms with van der Waals surface area (Å²) in [6, 6.07) is 4.54. The second-order valence-corrected chi connectivity index (χ2v) is 3.05. The van der Waals surface area contributed by atoms with E-state index in [2.05, 4.69) is 10.3 Å². The number of nitrogens with two attached hydrogens (primary N) is 2. The molecule has 76 valence electrons. The van der Waals surface area contributed by atoms with Crippen LogP contribution in [0.4, 0.5) is 5.69 Å². The summed E-state index contributed by atoms with van der Waals surface area (Å²) < 4.78 is 0. The van der Waals surface area contributed by atoms with Crippen LogP contribution < -0.4 is 16.8 Å². The van der Waals surface area contributed by atoms with E-state index in [0.29, 0.717) is 16.8 Å². The first-order valence-electron chi connectivity index (χ1n) is 4.17. The summed E-state index contributed by atoms with van der Waals surface area (Å²) in [5, 5.41) is 2.17. The molecule has 1 aromatic rings. The van der Waals surface area contributed by atoms with Crippen molar-refractivity contribution in [2.24, 2.45) is 16.5 Å². The van der Waals surface area contributed by atoms with Gasteiger partial charge in [-0.3, -0.25) is 14.9 Å². The maximum atomic E-state index is 11.3. The monoisotopic (exact) mass is 204 g/mol. The molecule has 5 N–H and O–H groups in total. The number of hydrogen-bond donors (Lipinski definition) is 3. The van der Waals surface area contributed by atoms with Gasteiger partial charge in [-0.1, -0.05) is 0 Å². The third-order valence-electron chi connectivity index (χ3n) is 1.98. The summed E-state index contributed by atoms with van der Waals surface area (Å²) >= 11 is 0. The molecule has 0 saturated carbocycles. The van der Waals surface area contributed by atoms with Crippen molar-refractivity contribution in [3.8, 4) is 0 Å². The van der Waals surface area contributed by atoms with E-state index in [0.717, 1.165) is 0 Å². The van der Waals surface area contributed by atoms with E-state index >= 15 is 0 Å². The van der Waals surface area contributed by atoms with Crippen LogP contribution in [0, 0.1) is 0 Å². The number of imide groups is 1. The molecule has 0 spiro atoms. The molecule has 0 aromatic heterocycles. The molecule has 15 heavy (non-hydrogen) atoms. The largest absolute Gasteiger partial charge is 0.370 e. The van der Waals surface area contributed by atoms with Crippen LogP contribution in [0.1, 0.15) is 20.7 Å². The fourth-order valence-corrected chi connectivity index (χ4v) is 1.37. The van der Waals surface area contributed by atoms with Crippen LogP contribution >= 0.6 is 0 Å². The van der Waals surface area contributed by atoms with E-state index < -0.39 is 11.8 Å². The second kappa shape index (κ2) is 3.09. The van der Waals surface area contributed by atoms with E-state index in [4.69, 9.17) is 11.5 Å². The van der Waals surface area contributed by atoms with Gasteiger partial charge in [-0.25, -0.2) is 4.99 Å². The van der Waals surface area contributed by atoms with Gasteiger partial charge in [-0.15, -0.1) is 0 Å². The topological polar surface area (TPSA) is 111 Å². The van der Waals surface area contributed by atoms with Crippen molar-refractivity contribution < 1.29 is 9.59 Å². The number of fused-ring (bicyclic) bond motifs is 1. The number of hydrogen-bond acceptors (Lipinski definition) is 3. The van der Waals surface area contributed by atoms with Gasteiger partial charge in [0.25, 0.3) is 11.8 Å². The Morgan fingerprint density at radius 1 is 1.13 bits per heavy atom. The minimum absolute atomic E-state index is 0.0975. The van der Waals surface area contributed by atoms with Crippen LogP contribution in [-0.2, 0) is 0 Å². The van der Waals surface area contributed by atoms with E-state index in [9.17, 15) is 9.59 Å². The highest BCUT2D eigenvalue weighted by molar-refractivity contribution is 6.21. The van der Waals surface area contributed by atoms with Crippen molar-refractivity contribution in [2.75, 3.05) is 0 Å². The normalized spacial score (nSPS) is 13.3. The molecule has 0 aliphatic carbocycles. The smallest absolute Gasteiger partial charge is 0.259 e. The molecule has 0 saturated heterocycles. The molecule has 6 heteroatoms. The lowest BCUT2D eigenvalue weighted by Gasteiger charge is -1.97. The molecular formula is C9H8N4O2. The molecule has 1 heterocycles. The molecule has 0 bridgehead atoms. The summed E-state index contributed by atoms with van der Waals surface area (Å²) in [7, 11) is 0. The SMILES string of the molecule is NC(N)=Nc1ccc2c(c1)C(=O)NC2=O. The lowest BCUT2D eigenvalue weighted by molar-refractivity contribution is 0.0879. The Kier molecular flexibility index (Phi) is 1.89. The molecular weight excluding hydrogens is 196 g/mol. The maximum Gasteiger partial charge on any atom is 0.259 e. The lowest BCUT2D eigenvalue weighted by Crippen LogP contribution is -2.21. The van der Waals surface area contributed by atoms with Gasteiger partial charge in [-0.2, -0.15) is 0 Å². The molecule has 2 amide bonds. The van der Waals surface area contributed by atoms with E-state index in [1.807, 2.05) is 0 Å². The van der Waals surface area contributed by atoms with Crippen LogP contribution in [0.15, 0.2) is 23.2 Å². The van der Waals surface area contributed by atoms with Crippen LogP contribution in [0.3, 0.4) is 0 Å². The Hall–Kier alpha value is -2.37. The highest BCUT2D eigenvalue weighted by Crippen LogP contribution is 2.21. The van der Waals surface area contributed by atoms with Gasteiger partial charge >= 0.3 is 0 Å². The molecule has 1 aliphatic heterocycles. The van der Waals surface area contributed by atoms with Gasteiger partial charge in [0.15, 0.2) is 5.96 Å². The summed E-state index contributed by atoms with van der Waals surface area (Å²) in [4.78, 5) is 26.2. The Labute approximate surface area is 85.0 Å². The van der Waals surface area contributed by atoms with E-state index in [1.165, 1.54) is 12.1 Å². The lowest BCUT2D eigenvalue weighted by atomic mass is 10.1. The zero-order valence-corrected chi connectivity index (χ0v) is 7.65. The fourth-order valence-electron chi connectivity index (χ4n) is 1.37. The van der Waals surface area contributed by atoms with Gasteiger partial charge in [0.1, 0.15) is 0 Å². The first-order valence-corrected chi connectivity index (χ1v) is 4.17. The maximum absolute atomic E-state index is 11.3. The van der Waals surface area contributed by atoms with Gasteiger partial charge in [0.2, 0.25) is 0 Å². The van der Waals surface area contributed by atoms with Crippen molar-refractivity contribution in [2.45, 2.75) is 0 Å². The Morgan fingerprint density at radius 3 is 2.47 bits per heavy atom. The summed E-state index contributed by atoms with van der Waals surface area (Å²) in [6.45, 7) is 0. The number of nitrogens with one attached hydrogen (secondary N) is 1. The third kappa shape index (κ3) is 1.52. The molecule has 1 aromatic carbocycles. The first kappa shape index (κ1) is 9.20. The van der Waals surface area contributed by atoms with Crippen molar-refractivity contribution in [1.82, 2.24) is 5.32 Å².